The first-order chi connectivity index (χ1) is 9.16. The molecule has 0 heterocycles. The van der Waals surface area contributed by atoms with Gasteiger partial charge in [0, 0.05) is 15.4 Å². The Bertz CT molecular complexity index is 746. The van der Waals surface area contributed by atoms with Gasteiger partial charge >= 0.3 is 0 Å². The number of halogens is 2. The average molecular weight is 287 g/mol. The molecule has 0 spiro atoms. The maximum Gasteiger partial charge on any atom is 0.0487 e. The quantitative estimate of drug-likeness (QED) is 0.505. The number of fused-ring (bicyclic) bond motifs is 1. The van der Waals surface area contributed by atoms with Crippen LogP contribution in [0.25, 0.3) is 21.9 Å². The van der Waals surface area contributed by atoms with Crippen LogP contribution < -0.4 is 0 Å². The second kappa shape index (κ2) is 4.88. The summed E-state index contributed by atoms with van der Waals surface area (Å²) in [4.78, 5) is 0. The summed E-state index contributed by atoms with van der Waals surface area (Å²) in [7, 11) is 0. The Hall–Kier alpha value is -1.50. The molecule has 0 nitrogen and oxygen atoms in total. The van der Waals surface area contributed by atoms with E-state index in [4.69, 9.17) is 23.2 Å². The first kappa shape index (κ1) is 12.5. The average Bonchev–Trinajstić information content (AvgIpc) is 2.39. The molecule has 0 radical (unpaired) electrons. The molecule has 0 atom stereocenters. The van der Waals surface area contributed by atoms with E-state index in [9.17, 15) is 0 Å². The molecule has 0 N–H and O–H groups in total. The molecule has 0 aliphatic heterocycles. The normalized spacial score (nSPS) is 10.9. The number of rotatable bonds is 1. The molecule has 3 aromatic carbocycles. The van der Waals surface area contributed by atoms with E-state index in [2.05, 4.69) is 19.1 Å². The summed E-state index contributed by atoms with van der Waals surface area (Å²) in [6.45, 7) is 2.08. The summed E-state index contributed by atoms with van der Waals surface area (Å²) in [6.07, 6.45) is 0. The summed E-state index contributed by atoms with van der Waals surface area (Å²) < 4.78 is 0. The number of hydrogen-bond donors (Lipinski definition) is 0. The Kier molecular flexibility index (Phi) is 3.22. The van der Waals surface area contributed by atoms with Gasteiger partial charge in [0.2, 0.25) is 0 Å². The SMILES string of the molecule is Cc1cc(Cl)c2ccc(Cl)cc2c1-c1ccccc1. The summed E-state index contributed by atoms with van der Waals surface area (Å²) in [6, 6.07) is 18.2. The number of aryl methyl sites for hydroxylation is 1. The van der Waals surface area contributed by atoms with Crippen LogP contribution in [0.15, 0.2) is 54.6 Å². The molecule has 0 fully saturated rings. The zero-order valence-corrected chi connectivity index (χ0v) is 12.0. The molecule has 0 bridgehead atoms. The summed E-state index contributed by atoms with van der Waals surface area (Å²) in [5, 5.41) is 3.63. The molecule has 0 saturated heterocycles. The molecule has 0 saturated carbocycles. The van der Waals surface area contributed by atoms with E-state index in [1.165, 1.54) is 11.1 Å². The Morgan fingerprint density at radius 3 is 2.26 bits per heavy atom. The van der Waals surface area contributed by atoms with Crippen LogP contribution in [-0.4, -0.2) is 0 Å². The highest BCUT2D eigenvalue weighted by Gasteiger charge is 2.10. The van der Waals surface area contributed by atoms with Gasteiger partial charge in [-0.1, -0.05) is 59.6 Å². The lowest BCUT2D eigenvalue weighted by molar-refractivity contribution is 1.49. The second-order valence-corrected chi connectivity index (χ2v) is 5.45. The van der Waals surface area contributed by atoms with Crippen LogP contribution in [0.2, 0.25) is 10.0 Å². The first-order valence-electron chi connectivity index (χ1n) is 6.10. The van der Waals surface area contributed by atoms with Gasteiger partial charge in [0.25, 0.3) is 0 Å². The molecule has 3 rings (SSSR count). The molecular weight excluding hydrogens is 275 g/mol. The van der Waals surface area contributed by atoms with Crippen LogP contribution in [0.1, 0.15) is 5.56 Å². The minimum absolute atomic E-state index is 0.728. The minimum Gasteiger partial charge on any atom is -0.0843 e. The van der Waals surface area contributed by atoms with E-state index in [0.29, 0.717) is 0 Å². The molecule has 0 aliphatic carbocycles. The molecule has 3 aromatic rings. The van der Waals surface area contributed by atoms with Crippen LogP contribution in [-0.2, 0) is 0 Å². The van der Waals surface area contributed by atoms with Crippen molar-refractivity contribution in [1.29, 1.82) is 0 Å². The van der Waals surface area contributed by atoms with Crippen molar-refractivity contribution >= 4 is 34.0 Å². The first-order valence-corrected chi connectivity index (χ1v) is 6.86. The predicted octanol–water partition coefficient (Wildman–Crippen LogP) is 6.12. The fourth-order valence-corrected chi connectivity index (χ4v) is 2.97. The number of hydrogen-bond acceptors (Lipinski definition) is 0. The lowest BCUT2D eigenvalue weighted by Gasteiger charge is -2.12. The van der Waals surface area contributed by atoms with E-state index >= 15 is 0 Å². The van der Waals surface area contributed by atoms with Crippen molar-refractivity contribution < 1.29 is 0 Å². The van der Waals surface area contributed by atoms with Crippen molar-refractivity contribution in [1.82, 2.24) is 0 Å². The third-order valence-corrected chi connectivity index (χ3v) is 3.86. The van der Waals surface area contributed by atoms with Crippen LogP contribution in [0.5, 0.6) is 0 Å². The third kappa shape index (κ3) is 2.22. The van der Waals surface area contributed by atoms with Crippen molar-refractivity contribution in [2.45, 2.75) is 6.92 Å². The van der Waals surface area contributed by atoms with Gasteiger partial charge in [-0.05, 0) is 47.2 Å². The summed E-state index contributed by atoms with van der Waals surface area (Å²) in [5.74, 6) is 0. The standard InChI is InChI=1S/C17H12Cl2/c1-11-9-16(19)14-8-7-13(18)10-15(14)17(11)12-5-3-2-4-6-12/h2-10H,1H3. The molecular formula is C17H12Cl2. The van der Waals surface area contributed by atoms with Gasteiger partial charge in [-0.2, -0.15) is 0 Å². The minimum atomic E-state index is 0.728. The highest BCUT2D eigenvalue weighted by atomic mass is 35.5. The fraction of sp³-hybridized carbons (Fsp3) is 0.0588. The van der Waals surface area contributed by atoms with E-state index in [1.807, 2.05) is 42.5 Å². The van der Waals surface area contributed by atoms with Crippen molar-refractivity contribution in [3.63, 3.8) is 0 Å². The highest BCUT2D eigenvalue weighted by molar-refractivity contribution is 6.37. The molecule has 19 heavy (non-hydrogen) atoms. The lowest BCUT2D eigenvalue weighted by Crippen LogP contribution is -1.87. The van der Waals surface area contributed by atoms with Gasteiger partial charge in [0.15, 0.2) is 0 Å². The summed E-state index contributed by atoms with van der Waals surface area (Å²) >= 11 is 12.5. The Morgan fingerprint density at radius 2 is 1.53 bits per heavy atom. The Balaban J connectivity index is 2.44. The Labute approximate surface area is 122 Å². The Morgan fingerprint density at radius 1 is 0.789 bits per heavy atom. The molecule has 0 amide bonds. The largest absolute Gasteiger partial charge is 0.0843 e. The third-order valence-electron chi connectivity index (χ3n) is 3.31. The summed E-state index contributed by atoms with van der Waals surface area (Å²) in [5.41, 5.74) is 3.54. The zero-order chi connectivity index (χ0) is 13.4. The van der Waals surface area contributed by atoms with Crippen molar-refractivity contribution in [2.24, 2.45) is 0 Å². The maximum atomic E-state index is 6.33. The topological polar surface area (TPSA) is 0 Å². The van der Waals surface area contributed by atoms with Gasteiger partial charge < -0.3 is 0 Å². The van der Waals surface area contributed by atoms with E-state index in [1.54, 1.807) is 0 Å². The van der Waals surface area contributed by atoms with E-state index in [0.717, 1.165) is 26.4 Å². The van der Waals surface area contributed by atoms with Gasteiger partial charge in [0.05, 0.1) is 0 Å². The molecule has 2 heteroatoms. The van der Waals surface area contributed by atoms with Crippen molar-refractivity contribution in [3.8, 4) is 11.1 Å². The monoisotopic (exact) mass is 286 g/mol. The molecule has 94 valence electrons. The molecule has 0 aliphatic rings. The van der Waals surface area contributed by atoms with E-state index in [-0.39, 0.29) is 0 Å². The van der Waals surface area contributed by atoms with Crippen LogP contribution in [0, 0.1) is 6.92 Å². The van der Waals surface area contributed by atoms with Gasteiger partial charge in [0.1, 0.15) is 0 Å². The van der Waals surface area contributed by atoms with Crippen molar-refractivity contribution in [2.75, 3.05) is 0 Å². The lowest BCUT2D eigenvalue weighted by atomic mass is 9.94. The highest BCUT2D eigenvalue weighted by Crippen LogP contribution is 2.37. The van der Waals surface area contributed by atoms with Crippen LogP contribution >= 0.6 is 23.2 Å². The predicted molar refractivity (Wildman–Crippen MR) is 84.1 cm³/mol. The van der Waals surface area contributed by atoms with Crippen LogP contribution in [0.3, 0.4) is 0 Å². The van der Waals surface area contributed by atoms with E-state index < -0.39 is 0 Å². The van der Waals surface area contributed by atoms with Gasteiger partial charge in [-0.25, -0.2) is 0 Å². The maximum absolute atomic E-state index is 6.33. The van der Waals surface area contributed by atoms with Crippen LogP contribution in [0.4, 0.5) is 0 Å². The molecule has 0 aromatic heterocycles. The second-order valence-electron chi connectivity index (χ2n) is 4.61. The zero-order valence-electron chi connectivity index (χ0n) is 10.5. The number of benzene rings is 3. The smallest absolute Gasteiger partial charge is 0.0487 e. The molecule has 0 unspecified atom stereocenters. The van der Waals surface area contributed by atoms with Gasteiger partial charge in [-0.3, -0.25) is 0 Å². The van der Waals surface area contributed by atoms with Gasteiger partial charge in [-0.15, -0.1) is 0 Å². The van der Waals surface area contributed by atoms with Crippen molar-refractivity contribution in [3.05, 3.63) is 70.2 Å². The fourth-order valence-electron chi connectivity index (χ4n) is 2.47.